The molecule has 2 N–H and O–H groups in total. The molecule has 0 atom stereocenters. The van der Waals surface area contributed by atoms with E-state index >= 15 is 0 Å². The quantitative estimate of drug-likeness (QED) is 0.319. The third-order valence-electron chi connectivity index (χ3n) is 5.57. The summed E-state index contributed by atoms with van der Waals surface area (Å²) in [5.41, 5.74) is 3.12. The highest BCUT2D eigenvalue weighted by Crippen LogP contribution is 2.29. The lowest BCUT2D eigenvalue weighted by Crippen LogP contribution is -2.23. The molecule has 36 heavy (non-hydrogen) atoms. The van der Waals surface area contributed by atoms with Crippen molar-refractivity contribution in [1.82, 2.24) is 24.9 Å². The van der Waals surface area contributed by atoms with Crippen molar-refractivity contribution in [3.05, 3.63) is 63.5 Å². The number of aromatic nitrogens is 4. The topological polar surface area (TPSA) is 133 Å². The number of nitrogens with zero attached hydrogens (tertiary/aromatic N) is 4. The van der Waals surface area contributed by atoms with Crippen molar-refractivity contribution >= 4 is 39.2 Å². The Balaban J connectivity index is 1.42. The Morgan fingerprint density at radius 3 is 2.56 bits per heavy atom. The Hall–Kier alpha value is -3.93. The molecule has 0 saturated heterocycles. The van der Waals surface area contributed by atoms with Crippen LogP contribution in [0.2, 0.25) is 0 Å². The highest BCUT2D eigenvalue weighted by molar-refractivity contribution is 9.10. The van der Waals surface area contributed by atoms with Crippen molar-refractivity contribution < 1.29 is 23.5 Å². The lowest BCUT2D eigenvalue weighted by Gasteiger charge is -2.12. The number of ether oxygens (including phenoxy) is 2. The van der Waals surface area contributed by atoms with Gasteiger partial charge in [0.25, 0.3) is 11.7 Å². The molecule has 0 radical (unpaired) electrons. The van der Waals surface area contributed by atoms with Gasteiger partial charge in [0.2, 0.25) is 5.91 Å². The van der Waals surface area contributed by atoms with Crippen molar-refractivity contribution in [2.75, 3.05) is 19.5 Å². The summed E-state index contributed by atoms with van der Waals surface area (Å²) in [6.07, 6.45) is 0.721. The summed E-state index contributed by atoms with van der Waals surface area (Å²) in [4.78, 5) is 33.8. The van der Waals surface area contributed by atoms with Crippen LogP contribution in [0.5, 0.6) is 11.5 Å². The number of hydrogen-bond acceptors (Lipinski definition) is 8. The van der Waals surface area contributed by atoms with Gasteiger partial charge in [-0.05, 0) is 66.0 Å². The number of carbonyl (C=O) groups excluding carboxylic acids is 2. The highest BCUT2D eigenvalue weighted by Gasteiger charge is 2.17. The van der Waals surface area contributed by atoms with Gasteiger partial charge < -0.3 is 24.5 Å². The first-order valence-electron chi connectivity index (χ1n) is 11.1. The maximum Gasteiger partial charge on any atom is 0.287 e. The molecule has 0 aliphatic rings. The summed E-state index contributed by atoms with van der Waals surface area (Å²) < 4.78 is 17.9. The van der Waals surface area contributed by atoms with Gasteiger partial charge in [-0.25, -0.2) is 9.50 Å². The second kappa shape index (κ2) is 10.8. The number of carbonyl (C=O) groups is 2. The normalized spacial score (nSPS) is 10.9. The van der Waals surface area contributed by atoms with Crippen LogP contribution < -0.4 is 20.1 Å². The Labute approximate surface area is 215 Å². The number of furan rings is 1. The number of aryl methyl sites for hydroxylation is 2. The van der Waals surface area contributed by atoms with Crippen LogP contribution in [0.25, 0.3) is 5.78 Å². The first-order chi connectivity index (χ1) is 17.3. The fourth-order valence-corrected chi connectivity index (χ4v) is 4.05. The number of nitrogens with one attached hydrogen (secondary N) is 2. The largest absolute Gasteiger partial charge is 0.493 e. The zero-order chi connectivity index (χ0) is 25.8. The summed E-state index contributed by atoms with van der Waals surface area (Å²) in [6, 6.07) is 8.41. The molecule has 0 spiro atoms. The molecule has 4 rings (SSSR count). The molecule has 0 fully saturated rings. The number of methoxy groups -OCH3 is 2. The molecule has 2 amide bonds. The van der Waals surface area contributed by atoms with Gasteiger partial charge in [-0.15, -0.1) is 5.10 Å². The Morgan fingerprint density at radius 2 is 1.86 bits per heavy atom. The van der Waals surface area contributed by atoms with E-state index in [2.05, 4.69) is 41.6 Å². The molecule has 11 nitrogen and oxygen atoms in total. The summed E-state index contributed by atoms with van der Waals surface area (Å²) in [5, 5.41) is 10.1. The Bertz CT molecular complexity index is 1430. The standard InChI is InChI=1S/C24H25BrN6O5/c1-13-16(6-10-22(32)28-15-5-7-17(34-3)19(11-15)35-4)14(2)31-24(27-13)29-21(30-31)12-26-23(33)18-8-9-20(25)36-18/h5,7-9,11H,6,10,12H2,1-4H3,(H,26,33)(H,28,32). The monoisotopic (exact) mass is 556 g/mol. The van der Waals surface area contributed by atoms with Gasteiger partial charge in [-0.2, -0.15) is 4.98 Å². The lowest BCUT2D eigenvalue weighted by atomic mass is 10.1. The molecule has 4 aromatic rings. The number of amides is 2. The second-order valence-electron chi connectivity index (χ2n) is 7.91. The number of halogens is 1. The van der Waals surface area contributed by atoms with Crippen LogP contribution in [0.4, 0.5) is 5.69 Å². The predicted molar refractivity (Wildman–Crippen MR) is 134 cm³/mol. The zero-order valence-electron chi connectivity index (χ0n) is 20.2. The van der Waals surface area contributed by atoms with Crippen LogP contribution in [-0.2, 0) is 17.8 Å². The van der Waals surface area contributed by atoms with Gasteiger partial charge in [0.05, 0.1) is 20.8 Å². The molecule has 188 valence electrons. The van der Waals surface area contributed by atoms with Crippen LogP contribution in [-0.4, -0.2) is 45.6 Å². The van der Waals surface area contributed by atoms with E-state index in [9.17, 15) is 9.59 Å². The lowest BCUT2D eigenvalue weighted by molar-refractivity contribution is -0.116. The second-order valence-corrected chi connectivity index (χ2v) is 8.69. The molecular weight excluding hydrogens is 532 g/mol. The van der Waals surface area contributed by atoms with E-state index < -0.39 is 0 Å². The van der Waals surface area contributed by atoms with Crippen molar-refractivity contribution in [3.63, 3.8) is 0 Å². The van der Waals surface area contributed by atoms with Gasteiger partial charge in [-0.3, -0.25) is 9.59 Å². The van der Waals surface area contributed by atoms with Crippen molar-refractivity contribution in [1.29, 1.82) is 0 Å². The van der Waals surface area contributed by atoms with E-state index in [4.69, 9.17) is 13.9 Å². The van der Waals surface area contributed by atoms with E-state index in [-0.39, 0.29) is 30.5 Å². The van der Waals surface area contributed by atoms with Crippen molar-refractivity contribution in [3.8, 4) is 11.5 Å². The molecule has 3 heterocycles. The average Bonchev–Trinajstić information content (AvgIpc) is 3.48. The molecular formula is C24H25BrN6O5. The zero-order valence-corrected chi connectivity index (χ0v) is 21.8. The van der Waals surface area contributed by atoms with E-state index in [1.54, 1.807) is 49.1 Å². The molecule has 3 aromatic heterocycles. The SMILES string of the molecule is COc1ccc(NC(=O)CCc2c(C)nc3nc(CNC(=O)c4ccc(Br)o4)nn3c2C)cc1OC. The number of fused-ring (bicyclic) bond motifs is 1. The number of benzene rings is 1. The maximum atomic E-state index is 12.6. The molecule has 0 saturated carbocycles. The minimum Gasteiger partial charge on any atom is -0.493 e. The van der Waals surface area contributed by atoms with Gasteiger partial charge in [0.1, 0.15) is 0 Å². The summed E-state index contributed by atoms with van der Waals surface area (Å²) >= 11 is 3.17. The van der Waals surface area contributed by atoms with Gasteiger partial charge in [-0.1, -0.05) is 0 Å². The van der Waals surface area contributed by atoms with Crippen LogP contribution in [0, 0.1) is 13.8 Å². The number of rotatable bonds is 9. The number of anilines is 1. The minimum atomic E-state index is -0.374. The van der Waals surface area contributed by atoms with Crippen molar-refractivity contribution in [2.45, 2.75) is 33.2 Å². The smallest absolute Gasteiger partial charge is 0.287 e. The van der Waals surface area contributed by atoms with E-state index in [0.29, 0.717) is 39.9 Å². The van der Waals surface area contributed by atoms with Crippen LogP contribution >= 0.6 is 15.9 Å². The Morgan fingerprint density at radius 1 is 1.08 bits per heavy atom. The predicted octanol–water partition coefficient (Wildman–Crippen LogP) is 3.62. The first-order valence-corrected chi connectivity index (χ1v) is 11.9. The summed E-state index contributed by atoms with van der Waals surface area (Å²) in [6.45, 7) is 3.89. The average molecular weight is 557 g/mol. The minimum absolute atomic E-state index is 0.113. The molecule has 0 aliphatic carbocycles. The van der Waals surface area contributed by atoms with E-state index in [0.717, 1.165) is 17.0 Å². The van der Waals surface area contributed by atoms with Gasteiger partial charge in [0, 0.05) is 29.6 Å². The molecule has 12 heteroatoms. The maximum absolute atomic E-state index is 12.6. The fraction of sp³-hybridized carbons (Fsp3) is 0.292. The molecule has 1 aromatic carbocycles. The van der Waals surface area contributed by atoms with Crippen LogP contribution in [0.3, 0.4) is 0 Å². The van der Waals surface area contributed by atoms with Gasteiger partial charge in [0.15, 0.2) is 27.8 Å². The molecule has 0 unspecified atom stereocenters. The Kier molecular flexibility index (Phi) is 7.53. The third-order valence-corrected chi connectivity index (χ3v) is 5.99. The van der Waals surface area contributed by atoms with E-state index in [1.165, 1.54) is 0 Å². The van der Waals surface area contributed by atoms with Crippen LogP contribution in [0.15, 0.2) is 39.4 Å². The summed E-state index contributed by atoms with van der Waals surface area (Å²) in [5.74, 6) is 1.62. The third kappa shape index (κ3) is 5.48. The molecule has 0 aliphatic heterocycles. The van der Waals surface area contributed by atoms with Crippen molar-refractivity contribution in [2.24, 2.45) is 0 Å². The first kappa shape index (κ1) is 25.2. The van der Waals surface area contributed by atoms with E-state index in [1.807, 2.05) is 13.8 Å². The molecule has 0 bridgehead atoms. The van der Waals surface area contributed by atoms with Gasteiger partial charge >= 0.3 is 0 Å². The fourth-order valence-electron chi connectivity index (χ4n) is 3.75. The summed E-state index contributed by atoms with van der Waals surface area (Å²) in [7, 11) is 3.10. The number of hydrogen-bond donors (Lipinski definition) is 2. The highest BCUT2D eigenvalue weighted by atomic mass is 79.9. The van der Waals surface area contributed by atoms with Crippen LogP contribution in [0.1, 0.15) is 39.8 Å².